The van der Waals surface area contributed by atoms with Gasteiger partial charge in [0.1, 0.15) is 0 Å². The molecule has 0 aliphatic carbocycles. The Balaban J connectivity index is 2.63. The third-order valence-electron chi connectivity index (χ3n) is 1.83. The van der Waals surface area contributed by atoms with Crippen molar-refractivity contribution in [3.63, 3.8) is 0 Å². The largest absolute Gasteiger partial charge is 0.327 e. The first-order valence-corrected chi connectivity index (χ1v) is 5.82. The van der Waals surface area contributed by atoms with Crippen LogP contribution in [0.5, 0.6) is 0 Å². The Morgan fingerprint density at radius 3 is 2.80 bits per heavy atom. The maximum absolute atomic E-state index is 10.7. The van der Waals surface area contributed by atoms with Gasteiger partial charge in [0.25, 0.3) is 5.69 Å². The van der Waals surface area contributed by atoms with Gasteiger partial charge in [0.2, 0.25) is 0 Å². The summed E-state index contributed by atoms with van der Waals surface area (Å²) >= 11 is 1.62. The number of nitro benzene ring substituents is 1. The Hall–Kier alpha value is -1.07. The van der Waals surface area contributed by atoms with Crippen molar-refractivity contribution >= 4 is 17.4 Å². The van der Waals surface area contributed by atoms with Crippen LogP contribution in [0.3, 0.4) is 0 Å². The average Bonchev–Trinajstić information content (AvgIpc) is 2.17. The highest BCUT2D eigenvalue weighted by molar-refractivity contribution is 7.98. The van der Waals surface area contributed by atoms with E-state index in [0.717, 1.165) is 11.3 Å². The van der Waals surface area contributed by atoms with Gasteiger partial charge in [-0.3, -0.25) is 10.1 Å². The first-order valence-electron chi connectivity index (χ1n) is 4.67. The molecule has 0 saturated carbocycles. The first kappa shape index (κ1) is 12.0. The second kappa shape index (κ2) is 5.72. The molecule has 4 nitrogen and oxygen atoms in total. The molecule has 0 heterocycles. The number of nitro groups is 1. The highest BCUT2D eigenvalue weighted by Crippen LogP contribution is 2.22. The fourth-order valence-corrected chi connectivity index (χ4v) is 2.12. The summed E-state index contributed by atoms with van der Waals surface area (Å²) < 4.78 is 0. The van der Waals surface area contributed by atoms with Crippen LogP contribution >= 0.6 is 11.8 Å². The molecule has 1 aromatic rings. The molecule has 0 fully saturated rings. The Morgan fingerprint density at radius 1 is 1.53 bits per heavy atom. The van der Waals surface area contributed by atoms with Crippen LogP contribution in [-0.2, 0) is 5.75 Å². The summed E-state index contributed by atoms with van der Waals surface area (Å²) in [6, 6.07) is 6.93. The van der Waals surface area contributed by atoms with Crippen molar-refractivity contribution < 1.29 is 4.92 Å². The summed E-state index contributed by atoms with van der Waals surface area (Å²) in [6.07, 6.45) is 0. The third kappa shape index (κ3) is 3.89. The quantitative estimate of drug-likeness (QED) is 0.617. The minimum absolute atomic E-state index is 0.123. The van der Waals surface area contributed by atoms with E-state index in [2.05, 4.69) is 0 Å². The van der Waals surface area contributed by atoms with Crippen molar-refractivity contribution in [1.82, 2.24) is 0 Å². The Labute approximate surface area is 93.0 Å². The second-order valence-corrected chi connectivity index (χ2v) is 4.41. The van der Waals surface area contributed by atoms with Gasteiger partial charge in [0, 0.05) is 29.2 Å². The number of nitrogens with zero attached hydrogens (tertiary/aromatic N) is 1. The molecule has 1 rings (SSSR count). The number of hydrogen-bond acceptors (Lipinski definition) is 4. The van der Waals surface area contributed by atoms with Crippen molar-refractivity contribution in [3.8, 4) is 0 Å². The van der Waals surface area contributed by atoms with E-state index >= 15 is 0 Å². The van der Waals surface area contributed by atoms with Gasteiger partial charge in [-0.05, 0) is 6.92 Å². The molecule has 0 aromatic heterocycles. The molecule has 82 valence electrons. The van der Waals surface area contributed by atoms with Gasteiger partial charge in [-0.15, -0.1) is 0 Å². The molecule has 1 aromatic carbocycles. The lowest BCUT2D eigenvalue weighted by Gasteiger charge is -2.05. The van der Waals surface area contributed by atoms with E-state index in [1.807, 2.05) is 13.0 Å². The summed E-state index contributed by atoms with van der Waals surface area (Å²) in [4.78, 5) is 10.3. The van der Waals surface area contributed by atoms with Gasteiger partial charge in [-0.1, -0.05) is 18.2 Å². The lowest BCUT2D eigenvalue weighted by Crippen LogP contribution is -2.17. The van der Waals surface area contributed by atoms with E-state index < -0.39 is 0 Å². The molecule has 0 saturated heterocycles. The van der Waals surface area contributed by atoms with E-state index in [4.69, 9.17) is 5.73 Å². The molecule has 0 bridgehead atoms. The highest BCUT2D eigenvalue weighted by atomic mass is 32.2. The number of thioether (sulfide) groups is 1. The van der Waals surface area contributed by atoms with Crippen LogP contribution in [0.2, 0.25) is 0 Å². The van der Waals surface area contributed by atoms with Crippen LogP contribution in [0.15, 0.2) is 24.3 Å². The number of para-hydroxylation sites is 1. The molecule has 0 amide bonds. The lowest BCUT2D eigenvalue weighted by molar-refractivity contribution is -0.385. The van der Waals surface area contributed by atoms with Crippen LogP contribution in [0.4, 0.5) is 5.69 Å². The Morgan fingerprint density at radius 2 is 2.20 bits per heavy atom. The predicted molar refractivity (Wildman–Crippen MR) is 62.9 cm³/mol. The predicted octanol–water partition coefficient (Wildman–Crippen LogP) is 2.18. The summed E-state index contributed by atoms with van der Waals surface area (Å²) in [5.41, 5.74) is 6.55. The Bertz CT molecular complexity index is 342. The molecular formula is C10H14N2O2S. The lowest BCUT2D eigenvalue weighted by atomic mass is 10.2. The topological polar surface area (TPSA) is 69.2 Å². The molecule has 1 atom stereocenters. The zero-order valence-electron chi connectivity index (χ0n) is 8.55. The summed E-state index contributed by atoms with van der Waals surface area (Å²) in [6.45, 7) is 1.92. The summed E-state index contributed by atoms with van der Waals surface area (Å²) in [5, 5.41) is 10.7. The number of nitrogens with two attached hydrogens (primary N) is 1. The summed E-state index contributed by atoms with van der Waals surface area (Å²) in [7, 11) is 0. The van der Waals surface area contributed by atoms with Gasteiger partial charge in [-0.2, -0.15) is 11.8 Å². The SMILES string of the molecule is CC(N)CSCc1ccccc1[N+](=O)[O-]. The van der Waals surface area contributed by atoms with Gasteiger partial charge in [-0.25, -0.2) is 0 Å². The van der Waals surface area contributed by atoms with Crippen molar-refractivity contribution in [2.24, 2.45) is 5.73 Å². The van der Waals surface area contributed by atoms with Crippen LogP contribution in [-0.4, -0.2) is 16.7 Å². The van der Waals surface area contributed by atoms with Crippen LogP contribution in [0.1, 0.15) is 12.5 Å². The van der Waals surface area contributed by atoms with Crippen LogP contribution in [0.25, 0.3) is 0 Å². The molecule has 0 aliphatic heterocycles. The number of hydrogen-bond donors (Lipinski definition) is 1. The fourth-order valence-electron chi connectivity index (χ4n) is 1.17. The molecule has 2 N–H and O–H groups in total. The van der Waals surface area contributed by atoms with Crippen molar-refractivity contribution in [2.75, 3.05) is 5.75 Å². The third-order valence-corrected chi connectivity index (χ3v) is 3.10. The zero-order valence-corrected chi connectivity index (χ0v) is 9.37. The summed E-state index contributed by atoms with van der Waals surface area (Å²) in [5.74, 6) is 1.45. The molecular weight excluding hydrogens is 212 g/mol. The first-order chi connectivity index (χ1) is 7.11. The average molecular weight is 226 g/mol. The van der Waals surface area contributed by atoms with Crippen molar-refractivity contribution in [2.45, 2.75) is 18.7 Å². The van der Waals surface area contributed by atoms with Crippen molar-refractivity contribution in [1.29, 1.82) is 0 Å². The fraction of sp³-hybridized carbons (Fsp3) is 0.400. The van der Waals surface area contributed by atoms with E-state index in [-0.39, 0.29) is 16.7 Å². The van der Waals surface area contributed by atoms with Crippen LogP contribution in [0, 0.1) is 10.1 Å². The molecule has 15 heavy (non-hydrogen) atoms. The zero-order chi connectivity index (χ0) is 11.3. The molecule has 0 aliphatic rings. The standard InChI is InChI=1S/C10H14N2O2S/c1-8(11)6-15-7-9-4-2-3-5-10(9)12(13)14/h2-5,8H,6-7,11H2,1H3. The maximum atomic E-state index is 10.7. The molecule has 0 radical (unpaired) electrons. The minimum Gasteiger partial charge on any atom is -0.327 e. The molecule has 0 spiro atoms. The molecule has 1 unspecified atom stereocenters. The van der Waals surface area contributed by atoms with Crippen LogP contribution < -0.4 is 5.73 Å². The van der Waals surface area contributed by atoms with Gasteiger partial charge in [0.05, 0.1) is 4.92 Å². The molecule has 5 heteroatoms. The Kier molecular flexibility index (Phi) is 4.58. The van der Waals surface area contributed by atoms with E-state index in [9.17, 15) is 10.1 Å². The number of rotatable bonds is 5. The minimum atomic E-state index is -0.345. The normalized spacial score (nSPS) is 12.4. The van der Waals surface area contributed by atoms with Gasteiger partial charge >= 0.3 is 0 Å². The maximum Gasteiger partial charge on any atom is 0.273 e. The second-order valence-electron chi connectivity index (χ2n) is 3.38. The monoisotopic (exact) mass is 226 g/mol. The smallest absolute Gasteiger partial charge is 0.273 e. The van der Waals surface area contributed by atoms with E-state index in [1.54, 1.807) is 23.9 Å². The van der Waals surface area contributed by atoms with E-state index in [1.165, 1.54) is 6.07 Å². The van der Waals surface area contributed by atoms with Gasteiger partial charge in [0.15, 0.2) is 0 Å². The number of benzene rings is 1. The van der Waals surface area contributed by atoms with Gasteiger partial charge < -0.3 is 5.73 Å². The highest BCUT2D eigenvalue weighted by Gasteiger charge is 2.11. The van der Waals surface area contributed by atoms with E-state index in [0.29, 0.717) is 5.75 Å². The van der Waals surface area contributed by atoms with Crippen molar-refractivity contribution in [3.05, 3.63) is 39.9 Å².